The molecule has 1 amide bonds. The van der Waals surface area contributed by atoms with E-state index in [2.05, 4.69) is 11.9 Å². The second-order valence-electron chi connectivity index (χ2n) is 5.74. The number of amides is 1. The van der Waals surface area contributed by atoms with Crippen molar-refractivity contribution in [1.29, 1.82) is 0 Å². The van der Waals surface area contributed by atoms with Crippen LogP contribution in [0.25, 0.3) is 0 Å². The van der Waals surface area contributed by atoms with Gasteiger partial charge in [-0.2, -0.15) is 0 Å². The molecule has 0 saturated carbocycles. The van der Waals surface area contributed by atoms with Gasteiger partial charge >= 0.3 is 0 Å². The van der Waals surface area contributed by atoms with Crippen molar-refractivity contribution in [3.63, 3.8) is 0 Å². The van der Waals surface area contributed by atoms with E-state index < -0.39 is 0 Å². The third-order valence-corrected chi connectivity index (χ3v) is 5.50. The predicted molar refractivity (Wildman–Crippen MR) is 94.0 cm³/mol. The molecule has 24 heavy (non-hydrogen) atoms. The molecule has 0 aliphatic carbocycles. The first kappa shape index (κ1) is 16.8. The van der Waals surface area contributed by atoms with Crippen molar-refractivity contribution in [2.24, 2.45) is 0 Å². The Labute approximate surface area is 146 Å². The average Bonchev–Trinajstić information content (AvgIpc) is 3.29. The highest BCUT2D eigenvalue weighted by Crippen LogP contribution is 2.37. The van der Waals surface area contributed by atoms with Crippen LogP contribution in [0.5, 0.6) is 11.5 Å². The highest BCUT2D eigenvalue weighted by Gasteiger charge is 2.32. The summed E-state index contributed by atoms with van der Waals surface area (Å²) in [4.78, 5) is 19.9. The molecule has 0 unspecified atom stereocenters. The Balaban J connectivity index is 1.86. The van der Waals surface area contributed by atoms with E-state index in [0.717, 1.165) is 41.3 Å². The number of carbonyl (C=O) groups is 1. The molecule has 0 bridgehead atoms. The largest absolute Gasteiger partial charge is 0.493 e. The molecule has 0 spiro atoms. The zero-order chi connectivity index (χ0) is 17.1. The van der Waals surface area contributed by atoms with Gasteiger partial charge in [0.2, 0.25) is 0 Å². The quantitative estimate of drug-likeness (QED) is 0.828. The van der Waals surface area contributed by atoms with Gasteiger partial charge < -0.3 is 14.4 Å². The fraction of sp³-hybridized carbons (Fsp3) is 0.444. The molecule has 1 atom stereocenters. The van der Waals surface area contributed by atoms with Crippen LogP contribution in [-0.4, -0.2) is 36.6 Å². The van der Waals surface area contributed by atoms with Crippen molar-refractivity contribution in [3.8, 4) is 11.5 Å². The second-order valence-corrected chi connectivity index (χ2v) is 6.86. The van der Waals surface area contributed by atoms with Crippen molar-refractivity contribution >= 4 is 17.2 Å². The molecule has 1 saturated heterocycles. The first-order valence-electron chi connectivity index (χ1n) is 8.15. The van der Waals surface area contributed by atoms with E-state index in [1.54, 1.807) is 20.4 Å². The van der Waals surface area contributed by atoms with Gasteiger partial charge in [0.25, 0.3) is 5.91 Å². The molecule has 128 valence electrons. The molecule has 1 fully saturated rings. The molecular weight excluding hydrogens is 324 g/mol. The van der Waals surface area contributed by atoms with Gasteiger partial charge in [-0.3, -0.25) is 4.79 Å². The maximum absolute atomic E-state index is 12.9. The van der Waals surface area contributed by atoms with Crippen LogP contribution in [0.4, 0.5) is 0 Å². The van der Waals surface area contributed by atoms with Gasteiger partial charge in [-0.05, 0) is 37.0 Å². The summed E-state index contributed by atoms with van der Waals surface area (Å²) in [7, 11) is 3.25. The zero-order valence-electron chi connectivity index (χ0n) is 14.2. The van der Waals surface area contributed by atoms with Crippen LogP contribution in [-0.2, 0) is 6.42 Å². The molecule has 1 aromatic carbocycles. The highest BCUT2D eigenvalue weighted by atomic mass is 32.1. The van der Waals surface area contributed by atoms with Crippen LogP contribution < -0.4 is 9.47 Å². The van der Waals surface area contributed by atoms with Crippen LogP contribution in [0, 0.1) is 0 Å². The van der Waals surface area contributed by atoms with E-state index in [-0.39, 0.29) is 11.9 Å². The third-order valence-electron chi connectivity index (χ3n) is 4.37. The molecule has 3 rings (SSSR count). The summed E-state index contributed by atoms with van der Waals surface area (Å²) in [6, 6.07) is 5.96. The Bertz CT molecular complexity index is 729. The Kier molecular flexibility index (Phi) is 5.04. The SMILES string of the molecule is CCc1ncc(C(=O)N2CCC[C@@H]2c2ccc(OC)c(OC)c2)s1. The third kappa shape index (κ3) is 3.11. The Morgan fingerprint density at radius 2 is 2.12 bits per heavy atom. The number of carbonyl (C=O) groups excluding carboxylic acids is 1. The van der Waals surface area contributed by atoms with Crippen LogP contribution in [0.1, 0.15) is 46.0 Å². The van der Waals surface area contributed by atoms with Crippen LogP contribution >= 0.6 is 11.3 Å². The van der Waals surface area contributed by atoms with Gasteiger partial charge in [-0.15, -0.1) is 11.3 Å². The minimum atomic E-state index is 0.0736. The molecule has 5 nitrogen and oxygen atoms in total. The number of aryl methyl sites for hydroxylation is 1. The van der Waals surface area contributed by atoms with E-state index >= 15 is 0 Å². The summed E-state index contributed by atoms with van der Waals surface area (Å²) in [5.74, 6) is 1.47. The normalized spacial score (nSPS) is 17.1. The molecule has 2 heterocycles. The molecule has 2 aromatic rings. The van der Waals surface area contributed by atoms with Gasteiger partial charge in [0.1, 0.15) is 4.88 Å². The predicted octanol–water partition coefficient (Wildman–Crippen LogP) is 3.70. The van der Waals surface area contributed by atoms with E-state index in [1.807, 2.05) is 23.1 Å². The Morgan fingerprint density at radius 3 is 2.79 bits per heavy atom. The first-order chi connectivity index (χ1) is 11.7. The second kappa shape index (κ2) is 7.21. The zero-order valence-corrected chi connectivity index (χ0v) is 15.1. The van der Waals surface area contributed by atoms with Gasteiger partial charge in [0.05, 0.1) is 31.5 Å². The lowest BCUT2D eigenvalue weighted by Gasteiger charge is -2.25. The average molecular weight is 346 g/mol. The minimum absolute atomic E-state index is 0.0736. The van der Waals surface area contributed by atoms with Crippen LogP contribution in [0.3, 0.4) is 0 Å². The Hall–Kier alpha value is -2.08. The molecule has 1 aliphatic heterocycles. The van der Waals surface area contributed by atoms with Crippen LogP contribution in [0.2, 0.25) is 0 Å². The number of nitrogens with zero attached hydrogens (tertiary/aromatic N) is 2. The summed E-state index contributed by atoms with van der Waals surface area (Å²) in [5, 5.41) is 1.00. The van der Waals surface area contributed by atoms with Gasteiger partial charge in [-0.1, -0.05) is 13.0 Å². The summed E-state index contributed by atoms with van der Waals surface area (Å²) in [5.41, 5.74) is 1.08. The van der Waals surface area contributed by atoms with Gasteiger partial charge in [-0.25, -0.2) is 4.98 Å². The van der Waals surface area contributed by atoms with Crippen molar-refractivity contribution in [3.05, 3.63) is 39.8 Å². The van der Waals surface area contributed by atoms with Crippen molar-refractivity contribution in [2.75, 3.05) is 20.8 Å². The number of thiazole rings is 1. The highest BCUT2D eigenvalue weighted by molar-refractivity contribution is 7.13. The number of methoxy groups -OCH3 is 2. The monoisotopic (exact) mass is 346 g/mol. The molecule has 6 heteroatoms. The van der Waals surface area contributed by atoms with E-state index in [4.69, 9.17) is 9.47 Å². The molecule has 0 N–H and O–H groups in total. The lowest BCUT2D eigenvalue weighted by Crippen LogP contribution is -2.30. The maximum atomic E-state index is 12.9. The molecule has 0 radical (unpaired) electrons. The molecule has 1 aliphatic rings. The van der Waals surface area contributed by atoms with E-state index in [0.29, 0.717) is 11.5 Å². The molecular formula is C18H22N2O3S. The van der Waals surface area contributed by atoms with Crippen molar-refractivity contribution in [2.45, 2.75) is 32.2 Å². The number of benzene rings is 1. The summed E-state index contributed by atoms with van der Waals surface area (Å²) in [6.07, 6.45) is 4.53. The number of hydrogen-bond acceptors (Lipinski definition) is 5. The Morgan fingerprint density at radius 1 is 1.33 bits per heavy atom. The fourth-order valence-electron chi connectivity index (χ4n) is 3.13. The summed E-state index contributed by atoms with van der Waals surface area (Å²) in [6.45, 7) is 2.83. The number of hydrogen-bond donors (Lipinski definition) is 0. The van der Waals surface area contributed by atoms with Crippen molar-refractivity contribution < 1.29 is 14.3 Å². The number of likely N-dealkylation sites (tertiary alicyclic amines) is 1. The lowest BCUT2D eigenvalue weighted by atomic mass is 10.0. The standard InChI is InChI=1S/C18H22N2O3S/c1-4-17-19-11-16(24-17)18(21)20-9-5-6-13(20)12-7-8-14(22-2)15(10-12)23-3/h7-8,10-11,13H,4-6,9H2,1-3H3/t13-/m1/s1. The first-order valence-corrected chi connectivity index (χ1v) is 8.97. The summed E-state index contributed by atoms with van der Waals surface area (Å²) < 4.78 is 10.7. The minimum Gasteiger partial charge on any atom is -0.493 e. The van der Waals surface area contributed by atoms with Crippen LogP contribution in [0.15, 0.2) is 24.4 Å². The fourth-order valence-corrected chi connectivity index (χ4v) is 3.94. The molecule has 1 aromatic heterocycles. The van der Waals surface area contributed by atoms with Gasteiger partial charge in [0, 0.05) is 6.54 Å². The number of ether oxygens (including phenoxy) is 2. The number of aromatic nitrogens is 1. The van der Waals surface area contributed by atoms with Crippen molar-refractivity contribution in [1.82, 2.24) is 9.88 Å². The van der Waals surface area contributed by atoms with E-state index in [1.165, 1.54) is 11.3 Å². The lowest BCUT2D eigenvalue weighted by molar-refractivity contribution is 0.0740. The number of rotatable bonds is 5. The topological polar surface area (TPSA) is 51.7 Å². The maximum Gasteiger partial charge on any atom is 0.266 e. The van der Waals surface area contributed by atoms with E-state index in [9.17, 15) is 4.79 Å². The smallest absolute Gasteiger partial charge is 0.266 e. The summed E-state index contributed by atoms with van der Waals surface area (Å²) >= 11 is 1.49. The van der Waals surface area contributed by atoms with Gasteiger partial charge in [0.15, 0.2) is 11.5 Å².